The van der Waals surface area contributed by atoms with Crippen LogP contribution in [-0.2, 0) is 5.41 Å². The summed E-state index contributed by atoms with van der Waals surface area (Å²) >= 11 is 0. The highest BCUT2D eigenvalue weighted by atomic mass is 16.2. The third-order valence-electron chi connectivity index (χ3n) is 5.84. The Hall–Kier alpha value is -3.08. The highest BCUT2D eigenvalue weighted by Crippen LogP contribution is 2.27. The number of urea groups is 1. The minimum atomic E-state index is -0.0449. The molecule has 1 atom stereocenters. The molecule has 0 radical (unpaired) electrons. The Morgan fingerprint density at radius 3 is 2.47 bits per heavy atom. The van der Waals surface area contributed by atoms with E-state index in [1.54, 1.807) is 0 Å². The van der Waals surface area contributed by atoms with Crippen LogP contribution in [-0.4, -0.2) is 41.6 Å². The zero-order chi connectivity index (χ0) is 21.3. The monoisotopic (exact) mass is 402 g/mol. The summed E-state index contributed by atoms with van der Waals surface area (Å²) in [5.74, 6) is 0.998. The molecular weight excluding hydrogens is 372 g/mol. The van der Waals surface area contributed by atoms with Crippen molar-refractivity contribution in [2.45, 2.75) is 39.2 Å². The summed E-state index contributed by atoms with van der Waals surface area (Å²) < 4.78 is 0. The first-order valence-electron chi connectivity index (χ1n) is 10.6. The van der Waals surface area contributed by atoms with Crippen LogP contribution in [0, 0.1) is 0 Å². The van der Waals surface area contributed by atoms with Gasteiger partial charge in [0.2, 0.25) is 0 Å². The van der Waals surface area contributed by atoms with Crippen molar-refractivity contribution in [2.24, 2.45) is 0 Å². The lowest BCUT2D eigenvalue weighted by molar-refractivity contribution is 0.184. The second kappa shape index (κ2) is 7.98. The van der Waals surface area contributed by atoms with E-state index in [9.17, 15) is 4.79 Å². The molecule has 3 aromatic rings. The largest absolute Gasteiger partial charge is 0.352 e. The number of pyridine rings is 1. The lowest BCUT2D eigenvalue weighted by Crippen LogP contribution is -2.55. The number of carbonyl (C=O) groups excluding carboxylic acids is 1. The van der Waals surface area contributed by atoms with E-state index in [1.807, 2.05) is 41.4 Å². The van der Waals surface area contributed by atoms with Crippen LogP contribution >= 0.6 is 0 Å². The number of nitrogens with one attached hydrogen (secondary N) is 1. The van der Waals surface area contributed by atoms with Crippen molar-refractivity contribution in [2.75, 3.05) is 29.9 Å². The van der Waals surface area contributed by atoms with Crippen LogP contribution in [0.25, 0.3) is 10.8 Å². The zero-order valence-electron chi connectivity index (χ0n) is 18.2. The summed E-state index contributed by atoms with van der Waals surface area (Å²) in [6, 6.07) is 18.5. The molecule has 0 bridgehead atoms. The van der Waals surface area contributed by atoms with Crippen LogP contribution in [0.1, 0.15) is 33.3 Å². The van der Waals surface area contributed by atoms with Crippen molar-refractivity contribution >= 4 is 28.3 Å². The Morgan fingerprint density at radius 2 is 1.77 bits per heavy atom. The maximum absolute atomic E-state index is 12.9. The fourth-order valence-corrected chi connectivity index (χ4v) is 4.06. The SMILES string of the molecule is C[C@@H]1CN(c2nccc3ccccc23)CCN1C(=O)Nc1ccc(C(C)(C)C)cc1. The number of fused-ring (bicyclic) bond motifs is 1. The second-order valence-electron chi connectivity index (χ2n) is 9.10. The second-order valence-corrected chi connectivity index (χ2v) is 9.10. The normalized spacial score (nSPS) is 17.3. The first kappa shape index (κ1) is 20.2. The quantitative estimate of drug-likeness (QED) is 0.635. The van der Waals surface area contributed by atoms with Crippen molar-refractivity contribution in [3.63, 3.8) is 0 Å². The lowest BCUT2D eigenvalue weighted by Gasteiger charge is -2.40. The summed E-state index contributed by atoms with van der Waals surface area (Å²) in [6.45, 7) is 10.8. The molecule has 5 nitrogen and oxygen atoms in total. The Balaban J connectivity index is 1.43. The van der Waals surface area contributed by atoms with Gasteiger partial charge in [0.1, 0.15) is 5.82 Å². The van der Waals surface area contributed by atoms with Crippen molar-refractivity contribution in [3.8, 4) is 0 Å². The number of aromatic nitrogens is 1. The molecule has 1 saturated heterocycles. The number of amides is 2. The van der Waals surface area contributed by atoms with E-state index < -0.39 is 0 Å². The van der Waals surface area contributed by atoms with Gasteiger partial charge in [-0.25, -0.2) is 9.78 Å². The van der Waals surface area contributed by atoms with Gasteiger partial charge in [0.25, 0.3) is 0 Å². The molecule has 156 valence electrons. The molecule has 2 heterocycles. The van der Waals surface area contributed by atoms with Crippen molar-refractivity contribution in [3.05, 3.63) is 66.4 Å². The molecule has 1 aromatic heterocycles. The van der Waals surface area contributed by atoms with E-state index in [4.69, 9.17) is 0 Å². The molecule has 0 unspecified atom stereocenters. The first-order valence-corrected chi connectivity index (χ1v) is 10.6. The number of rotatable bonds is 2. The van der Waals surface area contributed by atoms with E-state index in [0.29, 0.717) is 6.54 Å². The fraction of sp³-hybridized carbons (Fsp3) is 0.360. The average Bonchev–Trinajstić information content (AvgIpc) is 2.73. The lowest BCUT2D eigenvalue weighted by atomic mass is 9.87. The number of carbonyl (C=O) groups is 1. The first-order chi connectivity index (χ1) is 14.3. The molecule has 1 N–H and O–H groups in total. The van der Waals surface area contributed by atoms with E-state index in [0.717, 1.165) is 30.0 Å². The number of nitrogens with zero attached hydrogens (tertiary/aromatic N) is 3. The number of piperazine rings is 1. The van der Waals surface area contributed by atoms with E-state index in [1.165, 1.54) is 10.9 Å². The smallest absolute Gasteiger partial charge is 0.322 e. The van der Waals surface area contributed by atoms with Crippen LogP contribution in [0.2, 0.25) is 0 Å². The van der Waals surface area contributed by atoms with Gasteiger partial charge >= 0.3 is 6.03 Å². The Labute approximate surface area is 178 Å². The van der Waals surface area contributed by atoms with Gasteiger partial charge in [0.15, 0.2) is 0 Å². The van der Waals surface area contributed by atoms with Crippen LogP contribution in [0.5, 0.6) is 0 Å². The number of anilines is 2. The molecule has 2 amide bonds. The van der Waals surface area contributed by atoms with Gasteiger partial charge < -0.3 is 15.1 Å². The molecule has 0 saturated carbocycles. The highest BCUT2D eigenvalue weighted by Gasteiger charge is 2.29. The van der Waals surface area contributed by atoms with Crippen LogP contribution in [0.3, 0.4) is 0 Å². The van der Waals surface area contributed by atoms with Crippen molar-refractivity contribution in [1.82, 2.24) is 9.88 Å². The predicted octanol–water partition coefficient (Wildman–Crippen LogP) is 5.27. The highest BCUT2D eigenvalue weighted by molar-refractivity contribution is 5.92. The minimum absolute atomic E-state index is 0.0449. The molecule has 0 aliphatic carbocycles. The van der Waals surface area contributed by atoms with E-state index in [2.05, 4.69) is 67.2 Å². The number of hydrogen-bond acceptors (Lipinski definition) is 3. The molecule has 5 heteroatoms. The topological polar surface area (TPSA) is 48.5 Å². The third-order valence-corrected chi connectivity index (χ3v) is 5.84. The molecule has 1 aliphatic heterocycles. The summed E-state index contributed by atoms with van der Waals surface area (Å²) in [7, 11) is 0. The molecular formula is C25H30N4O. The standard InChI is InChI=1S/C25H30N4O/c1-18-17-28(23-22-8-6-5-7-19(22)13-14-26-23)15-16-29(18)24(30)27-21-11-9-20(10-12-21)25(2,3)4/h5-14,18H,15-17H2,1-4H3,(H,27,30)/t18-/m1/s1. The van der Waals surface area contributed by atoms with Gasteiger partial charge in [-0.2, -0.15) is 0 Å². The van der Waals surface area contributed by atoms with Crippen LogP contribution in [0.4, 0.5) is 16.3 Å². The van der Waals surface area contributed by atoms with Gasteiger partial charge in [-0.15, -0.1) is 0 Å². The summed E-state index contributed by atoms with van der Waals surface area (Å²) in [6.07, 6.45) is 1.86. The molecule has 0 spiro atoms. The number of hydrogen-bond donors (Lipinski definition) is 1. The average molecular weight is 403 g/mol. The van der Waals surface area contributed by atoms with Gasteiger partial charge in [0.05, 0.1) is 0 Å². The van der Waals surface area contributed by atoms with Gasteiger partial charge in [-0.3, -0.25) is 0 Å². The molecule has 4 rings (SSSR count). The Kier molecular flexibility index (Phi) is 5.37. The Bertz CT molecular complexity index is 1030. The minimum Gasteiger partial charge on any atom is -0.352 e. The van der Waals surface area contributed by atoms with Gasteiger partial charge in [-0.05, 0) is 41.5 Å². The summed E-state index contributed by atoms with van der Waals surface area (Å²) in [5.41, 5.74) is 2.19. The van der Waals surface area contributed by atoms with E-state index in [-0.39, 0.29) is 17.5 Å². The molecule has 1 aliphatic rings. The van der Waals surface area contributed by atoms with E-state index >= 15 is 0 Å². The van der Waals surface area contributed by atoms with Gasteiger partial charge in [0, 0.05) is 42.9 Å². The summed E-state index contributed by atoms with van der Waals surface area (Å²) in [5, 5.41) is 5.40. The van der Waals surface area contributed by atoms with Crippen LogP contribution < -0.4 is 10.2 Å². The van der Waals surface area contributed by atoms with Crippen LogP contribution in [0.15, 0.2) is 60.8 Å². The zero-order valence-corrected chi connectivity index (χ0v) is 18.2. The van der Waals surface area contributed by atoms with Crippen molar-refractivity contribution in [1.29, 1.82) is 0 Å². The Morgan fingerprint density at radius 1 is 1.03 bits per heavy atom. The van der Waals surface area contributed by atoms with Crippen molar-refractivity contribution < 1.29 is 4.79 Å². The third kappa shape index (κ3) is 4.11. The maximum Gasteiger partial charge on any atom is 0.322 e. The summed E-state index contributed by atoms with van der Waals surface area (Å²) in [4.78, 5) is 21.7. The molecule has 1 fully saturated rings. The fourth-order valence-electron chi connectivity index (χ4n) is 4.06. The predicted molar refractivity (Wildman–Crippen MR) is 124 cm³/mol. The maximum atomic E-state index is 12.9. The molecule has 30 heavy (non-hydrogen) atoms. The molecule has 2 aromatic carbocycles. The van der Waals surface area contributed by atoms with Gasteiger partial charge in [-0.1, -0.05) is 57.2 Å². The number of benzene rings is 2.